The van der Waals surface area contributed by atoms with E-state index in [4.69, 9.17) is 18.9 Å². The van der Waals surface area contributed by atoms with Crippen molar-refractivity contribution < 1.29 is 29.2 Å². The number of rotatable bonds is 23. The van der Waals surface area contributed by atoms with Crippen molar-refractivity contribution in [2.24, 2.45) is 11.8 Å². The fourth-order valence-corrected chi connectivity index (χ4v) is 4.92. The number of aliphatic hydroxyl groups excluding tert-OH is 2. The predicted molar refractivity (Wildman–Crippen MR) is 165 cm³/mol. The minimum atomic E-state index is -0.701. The van der Waals surface area contributed by atoms with E-state index in [0.29, 0.717) is 25.0 Å². The van der Waals surface area contributed by atoms with Crippen LogP contribution in [0.2, 0.25) is 0 Å². The highest BCUT2D eigenvalue weighted by atomic mass is 16.5. The number of unbranched alkanes of at least 4 members (excludes halogenated alkanes) is 2. The van der Waals surface area contributed by atoms with Crippen LogP contribution in [0, 0.1) is 11.8 Å². The van der Waals surface area contributed by atoms with E-state index < -0.39 is 12.2 Å². The van der Waals surface area contributed by atoms with Crippen molar-refractivity contribution in [1.29, 1.82) is 0 Å². The highest BCUT2D eigenvalue weighted by Gasteiger charge is 2.17. The second kappa shape index (κ2) is 20.1. The van der Waals surface area contributed by atoms with Crippen LogP contribution in [0.25, 0.3) is 10.8 Å². The lowest BCUT2D eigenvalue weighted by molar-refractivity contribution is -0.00140. The molecule has 0 spiro atoms. The average Bonchev–Trinajstić information content (AvgIpc) is 2.98. The lowest BCUT2D eigenvalue weighted by Gasteiger charge is -2.21. The molecule has 40 heavy (non-hydrogen) atoms. The molecule has 0 amide bonds. The van der Waals surface area contributed by atoms with E-state index in [-0.39, 0.29) is 26.4 Å². The Hall–Kier alpha value is -1.86. The first kappa shape index (κ1) is 34.3. The molecule has 0 bridgehead atoms. The SMILES string of the molecule is CCCCC(CC)COCC(O)COc1cc(CC)c(OCC(O)COCC(CC)CCCC)c2ccccc12. The molecule has 0 fully saturated rings. The summed E-state index contributed by atoms with van der Waals surface area (Å²) in [5, 5.41) is 22.9. The van der Waals surface area contributed by atoms with Crippen molar-refractivity contribution in [3.63, 3.8) is 0 Å². The molecule has 228 valence electrons. The van der Waals surface area contributed by atoms with Gasteiger partial charge in [0.25, 0.3) is 0 Å². The van der Waals surface area contributed by atoms with Crippen molar-refractivity contribution in [2.75, 3.05) is 39.6 Å². The Morgan fingerprint density at radius 2 is 1.18 bits per heavy atom. The van der Waals surface area contributed by atoms with Gasteiger partial charge in [-0.1, -0.05) is 97.4 Å². The molecule has 4 atom stereocenters. The average molecular weight is 561 g/mol. The summed E-state index contributed by atoms with van der Waals surface area (Å²) < 4.78 is 24.0. The topological polar surface area (TPSA) is 77.4 Å². The summed E-state index contributed by atoms with van der Waals surface area (Å²) in [5.41, 5.74) is 1.000. The Kier molecular flexibility index (Phi) is 17.2. The van der Waals surface area contributed by atoms with Gasteiger partial charge in [0.1, 0.15) is 36.9 Å². The first-order valence-corrected chi connectivity index (χ1v) is 15.8. The highest BCUT2D eigenvalue weighted by molar-refractivity contribution is 5.94. The van der Waals surface area contributed by atoms with Gasteiger partial charge in [0, 0.05) is 24.0 Å². The minimum Gasteiger partial charge on any atom is -0.490 e. The van der Waals surface area contributed by atoms with Gasteiger partial charge in [0.05, 0.1) is 13.2 Å². The number of ether oxygens (including phenoxy) is 4. The van der Waals surface area contributed by atoms with E-state index in [1.807, 2.05) is 30.3 Å². The Balaban J connectivity index is 1.96. The van der Waals surface area contributed by atoms with Gasteiger partial charge in [0.15, 0.2) is 0 Å². The molecule has 0 aliphatic heterocycles. The van der Waals surface area contributed by atoms with Crippen molar-refractivity contribution in [2.45, 2.75) is 105 Å². The number of benzene rings is 2. The molecule has 0 aliphatic rings. The van der Waals surface area contributed by atoms with E-state index in [9.17, 15) is 10.2 Å². The quantitative estimate of drug-likeness (QED) is 0.148. The zero-order chi connectivity index (χ0) is 29.2. The molecule has 0 heterocycles. The van der Waals surface area contributed by atoms with E-state index in [2.05, 4.69) is 34.6 Å². The van der Waals surface area contributed by atoms with Crippen LogP contribution in [0.4, 0.5) is 0 Å². The smallest absolute Gasteiger partial charge is 0.130 e. The van der Waals surface area contributed by atoms with Crippen LogP contribution in [0.1, 0.15) is 91.5 Å². The van der Waals surface area contributed by atoms with Crippen molar-refractivity contribution in [1.82, 2.24) is 0 Å². The lowest BCUT2D eigenvalue weighted by Crippen LogP contribution is -2.25. The van der Waals surface area contributed by atoms with E-state index in [0.717, 1.165) is 47.1 Å². The first-order chi connectivity index (χ1) is 19.5. The lowest BCUT2D eigenvalue weighted by atomic mass is 10.0. The molecule has 0 aromatic heterocycles. The van der Waals surface area contributed by atoms with Gasteiger partial charge in [-0.3, -0.25) is 0 Å². The molecule has 4 unspecified atom stereocenters. The Bertz CT molecular complexity index is 932. The maximum absolute atomic E-state index is 10.6. The molecule has 6 nitrogen and oxygen atoms in total. The third kappa shape index (κ3) is 11.9. The van der Waals surface area contributed by atoms with E-state index in [1.165, 1.54) is 38.5 Å². The number of hydrogen-bond donors (Lipinski definition) is 2. The molecule has 0 saturated carbocycles. The van der Waals surface area contributed by atoms with Gasteiger partial charge in [-0.25, -0.2) is 0 Å². The summed E-state index contributed by atoms with van der Waals surface area (Å²) in [6, 6.07) is 9.95. The number of hydrogen-bond acceptors (Lipinski definition) is 6. The van der Waals surface area contributed by atoms with Gasteiger partial charge in [-0.2, -0.15) is 0 Å². The Labute approximate surface area is 243 Å². The molecular weight excluding hydrogens is 504 g/mol. The molecule has 2 rings (SSSR count). The largest absolute Gasteiger partial charge is 0.490 e. The summed E-state index contributed by atoms with van der Waals surface area (Å²) in [4.78, 5) is 0. The minimum absolute atomic E-state index is 0.159. The van der Waals surface area contributed by atoms with Crippen LogP contribution < -0.4 is 9.47 Å². The van der Waals surface area contributed by atoms with Crippen molar-refractivity contribution >= 4 is 10.8 Å². The third-order valence-corrected chi connectivity index (χ3v) is 7.68. The fraction of sp³-hybridized carbons (Fsp3) is 0.706. The summed E-state index contributed by atoms with van der Waals surface area (Å²) in [6.45, 7) is 13.1. The number of aryl methyl sites for hydroxylation is 1. The van der Waals surface area contributed by atoms with Crippen LogP contribution >= 0.6 is 0 Å². The van der Waals surface area contributed by atoms with E-state index >= 15 is 0 Å². The van der Waals surface area contributed by atoms with Crippen LogP contribution in [0.5, 0.6) is 11.5 Å². The van der Waals surface area contributed by atoms with Crippen LogP contribution in [0.15, 0.2) is 30.3 Å². The predicted octanol–water partition coefficient (Wildman–Crippen LogP) is 7.35. The standard InChI is InChI=1S/C34H56O6/c1-6-11-15-26(8-3)20-37-22-29(35)24-39-33-19-28(10-5)34(32-18-14-13-17-31(32)33)40-25-30(36)23-38-21-27(9-4)16-12-7-2/h13-14,17-19,26-27,29-30,35-36H,6-12,15-16,20-25H2,1-5H3. The zero-order valence-electron chi connectivity index (χ0n) is 25.8. The monoisotopic (exact) mass is 560 g/mol. The fourth-order valence-electron chi connectivity index (χ4n) is 4.92. The summed E-state index contributed by atoms with van der Waals surface area (Å²) >= 11 is 0. The van der Waals surface area contributed by atoms with Gasteiger partial charge < -0.3 is 29.2 Å². The normalized spacial score (nSPS) is 14.7. The number of aliphatic hydroxyl groups is 2. The third-order valence-electron chi connectivity index (χ3n) is 7.68. The van der Waals surface area contributed by atoms with E-state index in [1.54, 1.807) is 0 Å². The van der Waals surface area contributed by atoms with Crippen LogP contribution in [0.3, 0.4) is 0 Å². The van der Waals surface area contributed by atoms with Crippen molar-refractivity contribution in [3.05, 3.63) is 35.9 Å². The first-order valence-electron chi connectivity index (χ1n) is 15.8. The molecular formula is C34H56O6. The zero-order valence-corrected chi connectivity index (χ0v) is 25.8. The summed E-state index contributed by atoms with van der Waals surface area (Å²) in [5.74, 6) is 2.57. The maximum Gasteiger partial charge on any atom is 0.130 e. The van der Waals surface area contributed by atoms with Gasteiger partial charge in [0.2, 0.25) is 0 Å². The molecule has 0 saturated heterocycles. The molecule has 0 aliphatic carbocycles. The molecule has 6 heteroatoms. The van der Waals surface area contributed by atoms with Gasteiger partial charge in [-0.05, 0) is 42.7 Å². The highest BCUT2D eigenvalue weighted by Crippen LogP contribution is 2.37. The van der Waals surface area contributed by atoms with Crippen LogP contribution in [-0.2, 0) is 15.9 Å². The Morgan fingerprint density at radius 1 is 0.650 bits per heavy atom. The second-order valence-corrected chi connectivity index (χ2v) is 11.1. The molecule has 2 N–H and O–H groups in total. The van der Waals surface area contributed by atoms with Crippen LogP contribution in [-0.4, -0.2) is 62.1 Å². The number of fused-ring (bicyclic) bond motifs is 1. The molecule has 2 aromatic carbocycles. The van der Waals surface area contributed by atoms with Gasteiger partial charge in [-0.15, -0.1) is 0 Å². The Morgan fingerprint density at radius 3 is 1.68 bits per heavy atom. The van der Waals surface area contributed by atoms with Gasteiger partial charge >= 0.3 is 0 Å². The maximum atomic E-state index is 10.6. The summed E-state index contributed by atoms with van der Waals surface area (Å²) in [7, 11) is 0. The molecule has 2 aromatic rings. The molecule has 0 radical (unpaired) electrons. The van der Waals surface area contributed by atoms with Crippen molar-refractivity contribution in [3.8, 4) is 11.5 Å². The second-order valence-electron chi connectivity index (χ2n) is 11.1. The summed E-state index contributed by atoms with van der Waals surface area (Å²) in [6.07, 6.45) is 8.68.